The van der Waals surface area contributed by atoms with Gasteiger partial charge in [0.15, 0.2) is 0 Å². The maximum Gasteiger partial charge on any atom is 0.128 e. The summed E-state index contributed by atoms with van der Waals surface area (Å²) in [6, 6.07) is 16.6. The van der Waals surface area contributed by atoms with Crippen LogP contribution in [0.15, 0.2) is 42.5 Å². The zero-order chi connectivity index (χ0) is 13.7. The van der Waals surface area contributed by atoms with E-state index in [-0.39, 0.29) is 0 Å². The number of nitriles is 2. The van der Waals surface area contributed by atoms with Crippen molar-refractivity contribution in [2.75, 3.05) is 0 Å². The van der Waals surface area contributed by atoms with Crippen LogP contribution in [0.5, 0.6) is 11.5 Å². The summed E-state index contributed by atoms with van der Waals surface area (Å²) in [6.45, 7) is 2.09. The van der Waals surface area contributed by atoms with Crippen LogP contribution < -0.4 is 4.74 Å². The molecule has 0 spiro atoms. The first kappa shape index (κ1) is 12.7. The van der Waals surface area contributed by atoms with Crippen molar-refractivity contribution in [2.45, 2.75) is 13.3 Å². The standard InChI is InChI=1S/C16H12N2O/c1-2-12-3-6-15(7-4-12)19-16-8-5-13(10-17)14(9-16)11-18/h3-9H,2H2,1H3. The number of ether oxygens (including phenoxy) is 1. The lowest BCUT2D eigenvalue weighted by Crippen LogP contribution is -1.89. The first-order valence-corrected chi connectivity index (χ1v) is 5.98. The fraction of sp³-hybridized carbons (Fsp3) is 0.125. The molecule has 92 valence electrons. The molecule has 0 fully saturated rings. The third-order valence-electron chi connectivity index (χ3n) is 2.80. The maximum atomic E-state index is 8.95. The minimum absolute atomic E-state index is 0.324. The van der Waals surface area contributed by atoms with E-state index < -0.39 is 0 Å². The molecule has 0 radical (unpaired) electrons. The molecule has 0 bridgehead atoms. The van der Waals surface area contributed by atoms with Crippen LogP contribution in [0, 0.1) is 22.7 Å². The van der Waals surface area contributed by atoms with Crippen LogP contribution in [-0.4, -0.2) is 0 Å². The van der Waals surface area contributed by atoms with Crippen molar-refractivity contribution in [2.24, 2.45) is 0 Å². The molecule has 0 atom stereocenters. The summed E-state index contributed by atoms with van der Waals surface area (Å²) in [4.78, 5) is 0. The Bertz CT molecular complexity index is 661. The molecule has 2 rings (SSSR count). The predicted octanol–water partition coefficient (Wildman–Crippen LogP) is 3.78. The molecule has 0 N–H and O–H groups in total. The molecule has 0 aliphatic carbocycles. The van der Waals surface area contributed by atoms with Gasteiger partial charge in [-0.25, -0.2) is 0 Å². The largest absolute Gasteiger partial charge is 0.457 e. The number of aryl methyl sites for hydroxylation is 1. The SMILES string of the molecule is CCc1ccc(Oc2ccc(C#N)c(C#N)c2)cc1. The smallest absolute Gasteiger partial charge is 0.128 e. The van der Waals surface area contributed by atoms with Gasteiger partial charge in [0.2, 0.25) is 0 Å². The van der Waals surface area contributed by atoms with Crippen molar-refractivity contribution in [3.8, 4) is 23.6 Å². The third kappa shape index (κ3) is 2.91. The number of benzene rings is 2. The van der Waals surface area contributed by atoms with Crippen molar-refractivity contribution < 1.29 is 4.74 Å². The first-order chi connectivity index (χ1) is 9.26. The van der Waals surface area contributed by atoms with E-state index in [4.69, 9.17) is 15.3 Å². The van der Waals surface area contributed by atoms with Gasteiger partial charge in [0.1, 0.15) is 23.6 Å². The molecular weight excluding hydrogens is 236 g/mol. The lowest BCUT2D eigenvalue weighted by molar-refractivity contribution is 0.482. The summed E-state index contributed by atoms with van der Waals surface area (Å²) in [5.74, 6) is 1.27. The van der Waals surface area contributed by atoms with E-state index in [0.29, 0.717) is 22.6 Å². The van der Waals surface area contributed by atoms with Crippen molar-refractivity contribution in [3.63, 3.8) is 0 Å². The summed E-state index contributed by atoms with van der Waals surface area (Å²) in [5, 5.41) is 17.8. The number of rotatable bonds is 3. The highest BCUT2D eigenvalue weighted by Gasteiger charge is 2.04. The normalized spacial score (nSPS) is 9.42. The highest BCUT2D eigenvalue weighted by Crippen LogP contribution is 2.24. The Labute approximate surface area is 112 Å². The predicted molar refractivity (Wildman–Crippen MR) is 71.8 cm³/mol. The highest BCUT2D eigenvalue weighted by molar-refractivity contribution is 5.50. The van der Waals surface area contributed by atoms with Crippen molar-refractivity contribution in [1.29, 1.82) is 10.5 Å². The zero-order valence-corrected chi connectivity index (χ0v) is 10.6. The van der Waals surface area contributed by atoms with Gasteiger partial charge in [0, 0.05) is 0 Å². The molecule has 0 amide bonds. The summed E-state index contributed by atoms with van der Waals surface area (Å²) in [6.07, 6.45) is 0.982. The quantitative estimate of drug-likeness (QED) is 0.830. The van der Waals surface area contributed by atoms with Crippen LogP contribution in [0.25, 0.3) is 0 Å². The van der Waals surface area contributed by atoms with Crippen LogP contribution in [0.2, 0.25) is 0 Å². The van der Waals surface area contributed by atoms with Gasteiger partial charge in [-0.1, -0.05) is 19.1 Å². The molecule has 0 aromatic heterocycles. The summed E-state index contributed by atoms with van der Waals surface area (Å²) in [5.41, 5.74) is 1.92. The zero-order valence-electron chi connectivity index (χ0n) is 10.6. The maximum absolute atomic E-state index is 8.95. The second-order valence-electron chi connectivity index (χ2n) is 4.03. The molecule has 0 aliphatic rings. The summed E-state index contributed by atoms with van der Waals surface area (Å²) >= 11 is 0. The van der Waals surface area contributed by atoms with Crippen LogP contribution >= 0.6 is 0 Å². The minimum atomic E-state index is 0.324. The van der Waals surface area contributed by atoms with Gasteiger partial charge in [-0.15, -0.1) is 0 Å². The van der Waals surface area contributed by atoms with E-state index in [0.717, 1.165) is 6.42 Å². The Morgan fingerprint density at radius 3 is 2.11 bits per heavy atom. The van der Waals surface area contributed by atoms with Crippen LogP contribution in [0.1, 0.15) is 23.6 Å². The Morgan fingerprint density at radius 2 is 1.53 bits per heavy atom. The van der Waals surface area contributed by atoms with Crippen molar-refractivity contribution >= 4 is 0 Å². The Balaban J connectivity index is 2.24. The van der Waals surface area contributed by atoms with Gasteiger partial charge in [-0.05, 0) is 42.3 Å². The topological polar surface area (TPSA) is 56.8 Å². The average Bonchev–Trinajstić information content (AvgIpc) is 2.48. The molecule has 0 unspecified atom stereocenters. The molecule has 3 nitrogen and oxygen atoms in total. The lowest BCUT2D eigenvalue weighted by Gasteiger charge is -2.07. The van der Waals surface area contributed by atoms with Gasteiger partial charge in [0.05, 0.1) is 11.1 Å². The molecule has 2 aromatic carbocycles. The van der Waals surface area contributed by atoms with E-state index in [1.807, 2.05) is 36.4 Å². The fourth-order valence-electron chi connectivity index (χ4n) is 1.71. The van der Waals surface area contributed by atoms with Gasteiger partial charge in [-0.3, -0.25) is 0 Å². The molecular formula is C16H12N2O. The van der Waals surface area contributed by atoms with Crippen LogP contribution in [0.4, 0.5) is 0 Å². The van der Waals surface area contributed by atoms with Crippen molar-refractivity contribution in [3.05, 3.63) is 59.2 Å². The Hall–Kier alpha value is -2.78. The van der Waals surface area contributed by atoms with Gasteiger partial charge >= 0.3 is 0 Å². The Kier molecular flexibility index (Phi) is 3.81. The molecule has 0 heterocycles. The molecule has 2 aromatic rings. The first-order valence-electron chi connectivity index (χ1n) is 5.98. The highest BCUT2D eigenvalue weighted by atomic mass is 16.5. The fourth-order valence-corrected chi connectivity index (χ4v) is 1.71. The van der Waals surface area contributed by atoms with Crippen LogP contribution in [-0.2, 0) is 6.42 Å². The lowest BCUT2D eigenvalue weighted by atomic mass is 10.1. The van der Waals surface area contributed by atoms with E-state index in [1.165, 1.54) is 5.56 Å². The molecule has 0 saturated carbocycles. The van der Waals surface area contributed by atoms with E-state index in [9.17, 15) is 0 Å². The monoisotopic (exact) mass is 248 g/mol. The number of nitrogens with zero attached hydrogens (tertiary/aromatic N) is 2. The summed E-state index contributed by atoms with van der Waals surface area (Å²) < 4.78 is 5.66. The molecule has 3 heteroatoms. The second-order valence-corrected chi connectivity index (χ2v) is 4.03. The van der Waals surface area contributed by atoms with Gasteiger partial charge < -0.3 is 4.74 Å². The number of hydrogen-bond donors (Lipinski definition) is 0. The van der Waals surface area contributed by atoms with E-state index >= 15 is 0 Å². The Morgan fingerprint density at radius 1 is 0.895 bits per heavy atom. The van der Waals surface area contributed by atoms with Crippen molar-refractivity contribution in [1.82, 2.24) is 0 Å². The van der Waals surface area contributed by atoms with E-state index in [2.05, 4.69) is 6.92 Å². The number of hydrogen-bond acceptors (Lipinski definition) is 3. The average molecular weight is 248 g/mol. The van der Waals surface area contributed by atoms with Gasteiger partial charge in [-0.2, -0.15) is 10.5 Å². The van der Waals surface area contributed by atoms with Crippen LogP contribution in [0.3, 0.4) is 0 Å². The van der Waals surface area contributed by atoms with E-state index in [1.54, 1.807) is 18.2 Å². The van der Waals surface area contributed by atoms with Gasteiger partial charge in [0.25, 0.3) is 0 Å². The summed E-state index contributed by atoms with van der Waals surface area (Å²) in [7, 11) is 0. The second kappa shape index (κ2) is 5.71. The third-order valence-corrected chi connectivity index (χ3v) is 2.80. The molecule has 0 aliphatic heterocycles. The molecule has 19 heavy (non-hydrogen) atoms. The molecule has 0 saturated heterocycles. The minimum Gasteiger partial charge on any atom is -0.457 e.